The van der Waals surface area contributed by atoms with Crippen LogP contribution in [-0.4, -0.2) is 26.2 Å². The molecular formula is C24H25NO5. The molecule has 0 unspecified atom stereocenters. The monoisotopic (exact) mass is 407 g/mol. The van der Waals surface area contributed by atoms with Crippen LogP contribution in [0, 0.1) is 20.8 Å². The molecule has 30 heavy (non-hydrogen) atoms. The quantitative estimate of drug-likeness (QED) is 0.604. The minimum atomic E-state index is -0.232. The summed E-state index contributed by atoms with van der Waals surface area (Å²) in [6.45, 7) is 8.87. The molecule has 0 aliphatic carbocycles. The molecule has 4 rings (SSSR count). The van der Waals surface area contributed by atoms with E-state index in [1.54, 1.807) is 31.4 Å². The SMILES string of the molecule is COc1c(/C(C)=C/C(=O)Nc2ccc3c(c2)OCCO3)cc2c(C)c(C)oc2c1C. The lowest BCUT2D eigenvalue weighted by atomic mass is 9.98. The standard InChI is InChI=1S/C24H25NO5/c1-13(10-22(26)25-17-6-7-20-21(11-17)29-9-8-28-20)18-12-19-14(2)16(4)30-24(19)15(3)23(18)27-5/h6-7,10-12H,8-9H2,1-5H3,(H,25,26)/b13-10+. The number of benzene rings is 2. The van der Waals surface area contributed by atoms with Gasteiger partial charge in [0, 0.05) is 34.3 Å². The molecule has 1 aliphatic heterocycles. The number of furan rings is 1. The number of hydrogen-bond donors (Lipinski definition) is 1. The second-order valence-electron chi connectivity index (χ2n) is 7.42. The highest BCUT2D eigenvalue weighted by atomic mass is 16.6. The molecule has 0 fully saturated rings. The number of fused-ring (bicyclic) bond motifs is 2. The number of rotatable bonds is 4. The van der Waals surface area contributed by atoms with Crippen molar-refractivity contribution >= 4 is 28.1 Å². The first-order valence-corrected chi connectivity index (χ1v) is 9.85. The molecule has 6 heteroatoms. The number of methoxy groups -OCH3 is 1. The lowest BCUT2D eigenvalue weighted by molar-refractivity contribution is -0.111. The van der Waals surface area contributed by atoms with Crippen molar-refractivity contribution < 1.29 is 23.4 Å². The maximum atomic E-state index is 12.7. The number of ether oxygens (including phenoxy) is 3. The fraction of sp³-hybridized carbons (Fsp3) is 0.292. The summed E-state index contributed by atoms with van der Waals surface area (Å²) in [6.07, 6.45) is 1.57. The van der Waals surface area contributed by atoms with Crippen molar-refractivity contribution in [2.45, 2.75) is 27.7 Å². The highest BCUT2D eigenvalue weighted by molar-refractivity contribution is 6.05. The van der Waals surface area contributed by atoms with Gasteiger partial charge < -0.3 is 23.9 Å². The van der Waals surface area contributed by atoms with Gasteiger partial charge in [-0.25, -0.2) is 0 Å². The first kappa shape index (κ1) is 19.9. The van der Waals surface area contributed by atoms with E-state index in [-0.39, 0.29) is 5.91 Å². The number of aryl methyl sites for hydroxylation is 3. The third-order valence-corrected chi connectivity index (χ3v) is 5.43. The molecule has 1 aliphatic rings. The first-order chi connectivity index (χ1) is 14.4. The van der Waals surface area contributed by atoms with Crippen molar-refractivity contribution in [1.29, 1.82) is 0 Å². The average molecular weight is 407 g/mol. The maximum Gasteiger partial charge on any atom is 0.248 e. The third kappa shape index (κ3) is 3.49. The van der Waals surface area contributed by atoms with Gasteiger partial charge in [0.1, 0.15) is 30.3 Å². The molecule has 2 heterocycles. The Kier molecular flexibility index (Phi) is 5.16. The van der Waals surface area contributed by atoms with E-state index in [2.05, 4.69) is 5.32 Å². The summed E-state index contributed by atoms with van der Waals surface area (Å²) in [5, 5.41) is 3.92. The van der Waals surface area contributed by atoms with Gasteiger partial charge in [-0.05, 0) is 57.0 Å². The summed E-state index contributed by atoms with van der Waals surface area (Å²) in [6, 6.07) is 7.38. The largest absolute Gasteiger partial charge is 0.496 e. The molecule has 0 saturated carbocycles. The van der Waals surface area contributed by atoms with Crippen LogP contribution in [0.1, 0.15) is 29.4 Å². The summed E-state index contributed by atoms with van der Waals surface area (Å²) < 4.78 is 22.7. The van der Waals surface area contributed by atoms with Gasteiger partial charge in [-0.2, -0.15) is 0 Å². The van der Waals surface area contributed by atoms with Gasteiger partial charge in [-0.15, -0.1) is 0 Å². The molecule has 156 valence electrons. The van der Waals surface area contributed by atoms with Gasteiger partial charge in [-0.1, -0.05) is 0 Å². The Morgan fingerprint density at radius 3 is 2.53 bits per heavy atom. The van der Waals surface area contributed by atoms with Gasteiger partial charge in [-0.3, -0.25) is 4.79 Å². The van der Waals surface area contributed by atoms with Gasteiger partial charge in [0.25, 0.3) is 0 Å². The lowest BCUT2D eigenvalue weighted by Gasteiger charge is -2.18. The predicted octanol–water partition coefficient (Wildman–Crippen LogP) is 5.18. The highest BCUT2D eigenvalue weighted by Gasteiger charge is 2.18. The highest BCUT2D eigenvalue weighted by Crippen LogP contribution is 2.38. The minimum absolute atomic E-state index is 0.232. The molecule has 6 nitrogen and oxygen atoms in total. The third-order valence-electron chi connectivity index (χ3n) is 5.43. The molecule has 0 bridgehead atoms. The molecule has 3 aromatic rings. The zero-order valence-electron chi connectivity index (χ0n) is 17.8. The van der Waals surface area contributed by atoms with Gasteiger partial charge in [0.2, 0.25) is 5.91 Å². The number of anilines is 1. The zero-order chi connectivity index (χ0) is 21.4. The Bertz CT molecular complexity index is 1170. The summed E-state index contributed by atoms with van der Waals surface area (Å²) >= 11 is 0. The number of carbonyl (C=O) groups excluding carboxylic acids is 1. The van der Waals surface area contributed by atoms with Crippen LogP contribution in [0.2, 0.25) is 0 Å². The molecule has 0 spiro atoms. The van der Waals surface area contributed by atoms with Crippen molar-refractivity contribution in [3.05, 3.63) is 52.8 Å². The second-order valence-corrected chi connectivity index (χ2v) is 7.42. The Balaban J connectivity index is 1.65. The van der Waals surface area contributed by atoms with Crippen LogP contribution in [0.3, 0.4) is 0 Å². The molecule has 0 saturated heterocycles. The number of allylic oxidation sites excluding steroid dienone is 1. The van der Waals surface area contributed by atoms with Crippen LogP contribution >= 0.6 is 0 Å². The van der Waals surface area contributed by atoms with Crippen LogP contribution in [0.4, 0.5) is 5.69 Å². The summed E-state index contributed by atoms with van der Waals surface area (Å²) in [5.74, 6) is 2.67. The summed E-state index contributed by atoms with van der Waals surface area (Å²) in [5.41, 5.74) is 5.13. The van der Waals surface area contributed by atoms with Crippen molar-refractivity contribution in [1.82, 2.24) is 0 Å². The van der Waals surface area contributed by atoms with Crippen molar-refractivity contribution in [3.63, 3.8) is 0 Å². The average Bonchev–Trinajstić information content (AvgIpc) is 3.02. The molecule has 1 N–H and O–H groups in total. The van der Waals surface area contributed by atoms with Crippen LogP contribution in [-0.2, 0) is 4.79 Å². The predicted molar refractivity (Wildman–Crippen MR) is 117 cm³/mol. The zero-order valence-corrected chi connectivity index (χ0v) is 17.8. The fourth-order valence-electron chi connectivity index (χ4n) is 3.74. The minimum Gasteiger partial charge on any atom is -0.496 e. The maximum absolute atomic E-state index is 12.7. The van der Waals surface area contributed by atoms with E-state index in [1.165, 1.54) is 0 Å². The molecular weight excluding hydrogens is 382 g/mol. The Hall–Kier alpha value is -3.41. The number of nitrogens with one attached hydrogen (secondary N) is 1. The second kappa shape index (κ2) is 7.78. The van der Waals surface area contributed by atoms with E-state index < -0.39 is 0 Å². The summed E-state index contributed by atoms with van der Waals surface area (Å²) in [7, 11) is 1.63. The summed E-state index contributed by atoms with van der Waals surface area (Å²) in [4.78, 5) is 12.7. The van der Waals surface area contributed by atoms with Gasteiger partial charge >= 0.3 is 0 Å². The molecule has 0 radical (unpaired) electrons. The van der Waals surface area contributed by atoms with Crippen LogP contribution in [0.15, 0.2) is 34.8 Å². The van der Waals surface area contributed by atoms with E-state index in [0.29, 0.717) is 36.1 Å². The van der Waals surface area contributed by atoms with E-state index in [0.717, 1.165) is 39.0 Å². The molecule has 1 amide bonds. The number of hydrogen-bond acceptors (Lipinski definition) is 5. The van der Waals surface area contributed by atoms with Crippen molar-refractivity contribution in [2.75, 3.05) is 25.6 Å². The van der Waals surface area contributed by atoms with Crippen LogP contribution < -0.4 is 19.5 Å². The Morgan fingerprint density at radius 1 is 1.07 bits per heavy atom. The number of amides is 1. The molecule has 2 aromatic carbocycles. The van der Waals surface area contributed by atoms with Crippen molar-refractivity contribution in [2.24, 2.45) is 0 Å². The topological polar surface area (TPSA) is 69.9 Å². The first-order valence-electron chi connectivity index (χ1n) is 9.85. The Labute approximate surface area is 175 Å². The fourth-order valence-corrected chi connectivity index (χ4v) is 3.74. The molecule has 0 atom stereocenters. The van der Waals surface area contributed by atoms with Crippen LogP contribution in [0.5, 0.6) is 17.2 Å². The van der Waals surface area contributed by atoms with Crippen molar-refractivity contribution in [3.8, 4) is 17.2 Å². The number of carbonyl (C=O) groups is 1. The van der Waals surface area contributed by atoms with E-state index >= 15 is 0 Å². The van der Waals surface area contributed by atoms with E-state index in [9.17, 15) is 4.79 Å². The van der Waals surface area contributed by atoms with Gasteiger partial charge in [0.05, 0.1) is 7.11 Å². The smallest absolute Gasteiger partial charge is 0.248 e. The van der Waals surface area contributed by atoms with Gasteiger partial charge in [0.15, 0.2) is 11.5 Å². The van der Waals surface area contributed by atoms with E-state index in [1.807, 2.05) is 33.8 Å². The Morgan fingerprint density at radius 2 is 1.80 bits per heavy atom. The molecule has 1 aromatic heterocycles. The van der Waals surface area contributed by atoms with Crippen LogP contribution in [0.25, 0.3) is 16.5 Å². The normalized spacial score (nSPS) is 13.4. The lowest BCUT2D eigenvalue weighted by Crippen LogP contribution is -2.16. The van der Waals surface area contributed by atoms with E-state index in [4.69, 9.17) is 18.6 Å².